The molecule has 1 atom stereocenters. The normalized spacial score (nSPS) is 21.6. The molecule has 25 heavy (non-hydrogen) atoms. The number of allylic oxidation sites excluding steroid dienone is 2. The van der Waals surface area contributed by atoms with Gasteiger partial charge in [0.05, 0.1) is 4.90 Å². The SMILES string of the molecule is C[C@H]1C=C(NNC(=O)c2cccc(S(=O)(=O)N3CCCC3)c2)CCC1. The zero-order valence-corrected chi connectivity index (χ0v) is 15.3. The van der Waals surface area contributed by atoms with Gasteiger partial charge in [0.2, 0.25) is 10.0 Å². The predicted molar refractivity (Wildman–Crippen MR) is 96.1 cm³/mol. The quantitative estimate of drug-likeness (QED) is 0.788. The van der Waals surface area contributed by atoms with Gasteiger partial charge in [-0.3, -0.25) is 10.2 Å². The Morgan fingerprint density at radius 2 is 1.96 bits per heavy atom. The van der Waals surface area contributed by atoms with Crippen LogP contribution in [0, 0.1) is 5.92 Å². The zero-order valence-electron chi connectivity index (χ0n) is 14.5. The number of hydrazine groups is 1. The van der Waals surface area contributed by atoms with Crippen LogP contribution in [0.4, 0.5) is 0 Å². The minimum atomic E-state index is -3.52. The highest BCUT2D eigenvalue weighted by molar-refractivity contribution is 7.89. The first-order valence-corrected chi connectivity index (χ1v) is 10.3. The summed E-state index contributed by atoms with van der Waals surface area (Å²) in [5.41, 5.74) is 6.98. The second kappa shape index (κ2) is 7.58. The molecule has 0 unspecified atom stereocenters. The lowest BCUT2D eigenvalue weighted by atomic mass is 9.96. The van der Waals surface area contributed by atoms with Crippen molar-refractivity contribution in [1.29, 1.82) is 0 Å². The molecule has 1 amide bonds. The van der Waals surface area contributed by atoms with Gasteiger partial charge in [0.25, 0.3) is 5.91 Å². The van der Waals surface area contributed by atoms with Crippen molar-refractivity contribution in [2.45, 2.75) is 43.9 Å². The van der Waals surface area contributed by atoms with E-state index in [4.69, 9.17) is 0 Å². The molecule has 1 saturated heterocycles. The summed E-state index contributed by atoms with van der Waals surface area (Å²) in [6.45, 7) is 3.24. The van der Waals surface area contributed by atoms with Gasteiger partial charge in [-0.25, -0.2) is 8.42 Å². The van der Waals surface area contributed by atoms with Crippen LogP contribution in [-0.4, -0.2) is 31.7 Å². The second-order valence-electron chi connectivity index (χ2n) is 6.78. The molecule has 1 aromatic rings. The first-order chi connectivity index (χ1) is 12.0. The van der Waals surface area contributed by atoms with E-state index in [9.17, 15) is 13.2 Å². The van der Waals surface area contributed by atoms with Crippen LogP contribution in [0.3, 0.4) is 0 Å². The van der Waals surface area contributed by atoms with Gasteiger partial charge in [-0.2, -0.15) is 4.31 Å². The lowest BCUT2D eigenvalue weighted by molar-refractivity contribution is 0.0937. The van der Waals surface area contributed by atoms with Crippen molar-refractivity contribution in [3.05, 3.63) is 41.6 Å². The molecular weight excluding hydrogens is 338 g/mol. The van der Waals surface area contributed by atoms with Crippen LogP contribution >= 0.6 is 0 Å². The first kappa shape index (κ1) is 17.9. The maximum absolute atomic E-state index is 12.6. The number of nitrogens with one attached hydrogen (secondary N) is 2. The van der Waals surface area contributed by atoms with Crippen LogP contribution in [0.1, 0.15) is 49.4 Å². The Bertz CT molecular complexity index is 768. The molecule has 0 radical (unpaired) electrons. The number of nitrogens with zero attached hydrogens (tertiary/aromatic N) is 1. The minimum absolute atomic E-state index is 0.174. The predicted octanol–water partition coefficient (Wildman–Crippen LogP) is 2.41. The molecule has 7 heteroatoms. The molecule has 2 N–H and O–H groups in total. The third kappa shape index (κ3) is 4.22. The lowest BCUT2D eigenvalue weighted by Crippen LogP contribution is -2.37. The number of carbonyl (C=O) groups excluding carboxylic acids is 1. The molecule has 0 spiro atoms. The Balaban J connectivity index is 1.69. The maximum Gasteiger partial charge on any atom is 0.269 e. The van der Waals surface area contributed by atoms with Crippen LogP contribution < -0.4 is 10.9 Å². The maximum atomic E-state index is 12.6. The number of amides is 1. The largest absolute Gasteiger partial charge is 0.303 e. The fourth-order valence-electron chi connectivity index (χ4n) is 3.31. The van der Waals surface area contributed by atoms with Crippen LogP contribution in [0.2, 0.25) is 0 Å². The number of hydrogen-bond acceptors (Lipinski definition) is 4. The van der Waals surface area contributed by atoms with Crippen LogP contribution in [0.25, 0.3) is 0 Å². The number of rotatable bonds is 5. The van der Waals surface area contributed by atoms with Gasteiger partial charge in [-0.15, -0.1) is 0 Å². The van der Waals surface area contributed by atoms with Gasteiger partial charge in [0.15, 0.2) is 0 Å². The van der Waals surface area contributed by atoms with E-state index >= 15 is 0 Å². The van der Waals surface area contributed by atoms with Crippen molar-refractivity contribution in [3.63, 3.8) is 0 Å². The topological polar surface area (TPSA) is 78.5 Å². The molecule has 1 fully saturated rings. The van der Waals surface area contributed by atoms with Crippen LogP contribution in [0.5, 0.6) is 0 Å². The van der Waals surface area contributed by atoms with E-state index in [2.05, 4.69) is 23.9 Å². The molecule has 2 aliphatic rings. The van der Waals surface area contributed by atoms with Gasteiger partial charge in [-0.1, -0.05) is 19.1 Å². The number of carbonyl (C=O) groups is 1. The van der Waals surface area contributed by atoms with E-state index in [1.165, 1.54) is 10.4 Å². The Labute approximate surface area is 149 Å². The standard InChI is InChI=1S/C18H25N3O3S/c1-14-6-4-8-16(12-14)19-20-18(22)15-7-5-9-17(13-15)25(23,24)21-10-2-3-11-21/h5,7,9,12-14,19H,2-4,6,8,10-11H2,1H3,(H,20,22)/t14-/m1/s1. The average Bonchev–Trinajstić information content (AvgIpc) is 3.15. The Hall–Kier alpha value is -1.86. The summed E-state index contributed by atoms with van der Waals surface area (Å²) >= 11 is 0. The van der Waals surface area contributed by atoms with Crippen molar-refractivity contribution in [2.24, 2.45) is 5.92 Å². The van der Waals surface area contributed by atoms with E-state index in [-0.39, 0.29) is 10.8 Å². The Kier molecular flexibility index (Phi) is 5.44. The van der Waals surface area contributed by atoms with Crippen molar-refractivity contribution in [2.75, 3.05) is 13.1 Å². The summed E-state index contributed by atoms with van der Waals surface area (Å²) in [7, 11) is -3.52. The summed E-state index contributed by atoms with van der Waals surface area (Å²) in [4.78, 5) is 12.5. The Morgan fingerprint density at radius 1 is 1.20 bits per heavy atom. The zero-order chi connectivity index (χ0) is 17.9. The van der Waals surface area contributed by atoms with E-state index in [1.807, 2.05) is 0 Å². The van der Waals surface area contributed by atoms with E-state index in [0.29, 0.717) is 24.6 Å². The smallest absolute Gasteiger partial charge is 0.269 e. The number of benzene rings is 1. The molecule has 1 heterocycles. The highest BCUT2D eigenvalue weighted by Gasteiger charge is 2.27. The highest BCUT2D eigenvalue weighted by atomic mass is 32.2. The molecule has 1 aromatic carbocycles. The molecule has 0 aromatic heterocycles. The molecule has 6 nitrogen and oxygen atoms in total. The summed E-state index contributed by atoms with van der Waals surface area (Å²) in [6, 6.07) is 6.23. The molecule has 1 aliphatic heterocycles. The Morgan fingerprint density at radius 3 is 2.68 bits per heavy atom. The van der Waals surface area contributed by atoms with Gasteiger partial charge < -0.3 is 5.43 Å². The van der Waals surface area contributed by atoms with Crippen molar-refractivity contribution in [3.8, 4) is 0 Å². The second-order valence-corrected chi connectivity index (χ2v) is 8.72. The number of sulfonamides is 1. The fourth-order valence-corrected chi connectivity index (χ4v) is 4.88. The van der Waals surface area contributed by atoms with Crippen LogP contribution in [-0.2, 0) is 10.0 Å². The summed E-state index contributed by atoms with van der Waals surface area (Å²) in [5, 5.41) is 0. The van der Waals surface area contributed by atoms with Crippen molar-refractivity contribution >= 4 is 15.9 Å². The molecule has 136 valence electrons. The molecule has 0 bridgehead atoms. The van der Waals surface area contributed by atoms with Crippen LogP contribution in [0.15, 0.2) is 40.9 Å². The third-order valence-electron chi connectivity index (χ3n) is 4.73. The van der Waals surface area contributed by atoms with Gasteiger partial charge in [0.1, 0.15) is 0 Å². The minimum Gasteiger partial charge on any atom is -0.303 e. The van der Waals surface area contributed by atoms with Gasteiger partial charge in [0, 0.05) is 24.4 Å². The van der Waals surface area contributed by atoms with Crippen molar-refractivity contribution < 1.29 is 13.2 Å². The van der Waals surface area contributed by atoms with E-state index in [1.54, 1.807) is 18.2 Å². The molecule has 1 aliphatic carbocycles. The van der Waals surface area contributed by atoms with E-state index < -0.39 is 10.0 Å². The monoisotopic (exact) mass is 363 g/mol. The summed E-state index contributed by atoms with van der Waals surface area (Å²) < 4.78 is 26.7. The molecule has 0 saturated carbocycles. The molecular formula is C18H25N3O3S. The summed E-state index contributed by atoms with van der Waals surface area (Å²) in [6.07, 6.45) is 7.06. The fraction of sp³-hybridized carbons (Fsp3) is 0.500. The van der Waals surface area contributed by atoms with Crippen molar-refractivity contribution in [1.82, 2.24) is 15.2 Å². The van der Waals surface area contributed by atoms with Gasteiger partial charge >= 0.3 is 0 Å². The highest BCUT2D eigenvalue weighted by Crippen LogP contribution is 2.22. The average molecular weight is 363 g/mol. The first-order valence-electron chi connectivity index (χ1n) is 8.84. The number of hydrogen-bond donors (Lipinski definition) is 2. The van der Waals surface area contributed by atoms with E-state index in [0.717, 1.165) is 37.8 Å². The molecule has 3 rings (SSSR count). The third-order valence-corrected chi connectivity index (χ3v) is 6.62. The lowest BCUT2D eigenvalue weighted by Gasteiger charge is -2.19. The van der Waals surface area contributed by atoms with Gasteiger partial charge in [-0.05, 0) is 56.2 Å². The summed E-state index contributed by atoms with van der Waals surface area (Å²) in [5.74, 6) is 0.166.